The first-order valence-corrected chi connectivity index (χ1v) is 6.19. The molecule has 1 heterocycles. The van der Waals surface area contributed by atoms with Crippen molar-refractivity contribution in [1.82, 2.24) is 0 Å². The lowest BCUT2D eigenvalue weighted by Gasteiger charge is -2.32. The van der Waals surface area contributed by atoms with Crippen LogP contribution in [-0.2, 0) is 10.3 Å². The van der Waals surface area contributed by atoms with Gasteiger partial charge in [-0.2, -0.15) is 5.26 Å². The van der Waals surface area contributed by atoms with Crippen LogP contribution >= 0.6 is 11.8 Å². The quantitative estimate of drug-likeness (QED) is 0.869. The van der Waals surface area contributed by atoms with E-state index >= 15 is 0 Å². The lowest BCUT2D eigenvalue weighted by atomic mass is 9.92. The van der Waals surface area contributed by atoms with Crippen molar-refractivity contribution >= 4 is 11.8 Å². The Morgan fingerprint density at radius 2 is 2.31 bits per heavy atom. The van der Waals surface area contributed by atoms with Crippen molar-refractivity contribution in [2.24, 2.45) is 0 Å². The molecule has 16 heavy (non-hydrogen) atoms. The maximum Gasteiger partial charge on any atom is 0.181 e. The summed E-state index contributed by atoms with van der Waals surface area (Å²) in [5, 5.41) is 18.2. The topological polar surface area (TPSA) is 53.2 Å². The molecule has 1 unspecified atom stereocenters. The number of hydrogen-bond acceptors (Lipinski definition) is 4. The van der Waals surface area contributed by atoms with Crippen LogP contribution in [0.5, 0.6) is 0 Å². The van der Waals surface area contributed by atoms with Gasteiger partial charge in [0.05, 0.1) is 13.2 Å². The van der Waals surface area contributed by atoms with E-state index in [4.69, 9.17) is 9.84 Å². The predicted octanol–water partition coefficient (Wildman–Crippen LogP) is 1.91. The van der Waals surface area contributed by atoms with E-state index < -0.39 is 5.60 Å². The Labute approximate surface area is 99.0 Å². The fraction of sp³-hybridized carbons (Fsp3) is 0.417. The van der Waals surface area contributed by atoms with Gasteiger partial charge in [-0.15, -0.1) is 11.8 Å². The zero-order valence-corrected chi connectivity index (χ0v) is 9.67. The van der Waals surface area contributed by atoms with Crippen molar-refractivity contribution in [2.75, 3.05) is 19.0 Å². The molecule has 1 N–H and O–H groups in total. The molecule has 0 bridgehead atoms. The highest BCUT2D eigenvalue weighted by atomic mass is 32.2. The highest BCUT2D eigenvalue weighted by Gasteiger charge is 2.37. The number of hydrogen-bond donors (Lipinski definition) is 1. The minimum Gasteiger partial charge on any atom is -0.394 e. The van der Waals surface area contributed by atoms with Gasteiger partial charge in [0.25, 0.3) is 0 Å². The summed E-state index contributed by atoms with van der Waals surface area (Å²) in [6.07, 6.45) is 0.672. The second-order valence-corrected chi connectivity index (χ2v) is 4.74. The van der Waals surface area contributed by atoms with Gasteiger partial charge in [0.15, 0.2) is 5.60 Å². The number of aliphatic hydroxyl groups is 1. The maximum atomic E-state index is 9.35. The molecule has 0 amide bonds. The molecule has 0 aliphatic carbocycles. The maximum absolute atomic E-state index is 9.35. The molecule has 0 fully saturated rings. The minimum absolute atomic E-state index is 0.0568. The molecule has 1 aliphatic rings. The molecule has 0 spiro atoms. The average Bonchev–Trinajstić information content (AvgIpc) is 2.36. The van der Waals surface area contributed by atoms with Crippen LogP contribution in [0.3, 0.4) is 0 Å². The Morgan fingerprint density at radius 1 is 1.50 bits per heavy atom. The first kappa shape index (κ1) is 11.5. The highest BCUT2D eigenvalue weighted by molar-refractivity contribution is 7.99. The smallest absolute Gasteiger partial charge is 0.181 e. The van der Waals surface area contributed by atoms with Gasteiger partial charge in [0.2, 0.25) is 0 Å². The predicted molar refractivity (Wildman–Crippen MR) is 62.1 cm³/mol. The normalized spacial score (nSPS) is 23.5. The first-order chi connectivity index (χ1) is 7.82. The zero-order chi connectivity index (χ0) is 11.4. The number of nitriles is 1. The molecule has 0 saturated carbocycles. The van der Waals surface area contributed by atoms with E-state index in [1.54, 1.807) is 11.8 Å². The summed E-state index contributed by atoms with van der Waals surface area (Å²) in [5.74, 6) is 0.871. The summed E-state index contributed by atoms with van der Waals surface area (Å²) in [5.41, 5.74) is 0.0621. The number of aliphatic hydroxyl groups excluding tert-OH is 1. The van der Waals surface area contributed by atoms with E-state index in [1.165, 1.54) is 0 Å². The first-order valence-electron chi connectivity index (χ1n) is 5.21. The Hall–Kier alpha value is -1.02. The molecule has 4 heteroatoms. The number of rotatable bonds is 3. The van der Waals surface area contributed by atoms with Crippen LogP contribution in [0.15, 0.2) is 29.2 Å². The van der Waals surface area contributed by atoms with E-state index in [1.807, 2.05) is 24.3 Å². The lowest BCUT2D eigenvalue weighted by molar-refractivity contribution is -0.0276. The molecule has 0 radical (unpaired) electrons. The van der Waals surface area contributed by atoms with Crippen molar-refractivity contribution in [1.29, 1.82) is 5.26 Å². The number of thioether (sulfide) groups is 1. The monoisotopic (exact) mass is 235 g/mol. The van der Waals surface area contributed by atoms with Crippen molar-refractivity contribution in [3.8, 4) is 6.07 Å². The molecule has 0 saturated heterocycles. The fourth-order valence-corrected chi connectivity index (χ4v) is 3.06. The fourth-order valence-electron chi connectivity index (χ4n) is 1.88. The van der Waals surface area contributed by atoms with Gasteiger partial charge in [0.1, 0.15) is 6.07 Å². The Kier molecular flexibility index (Phi) is 3.49. The third-order valence-electron chi connectivity index (χ3n) is 2.65. The molecule has 0 aromatic heterocycles. The second-order valence-electron chi connectivity index (χ2n) is 3.61. The molecule has 1 aromatic rings. The van der Waals surface area contributed by atoms with Gasteiger partial charge in [-0.25, -0.2) is 0 Å². The molecule has 1 aromatic carbocycles. The van der Waals surface area contributed by atoms with Gasteiger partial charge in [0, 0.05) is 22.6 Å². The minimum atomic E-state index is -0.870. The van der Waals surface area contributed by atoms with E-state index in [0.717, 1.165) is 16.2 Å². The van der Waals surface area contributed by atoms with Crippen LogP contribution in [0.1, 0.15) is 12.0 Å². The number of ether oxygens (including phenoxy) is 1. The SMILES string of the molecule is N#CC1(OCCO)CCSc2ccccc21. The van der Waals surface area contributed by atoms with E-state index in [0.29, 0.717) is 6.42 Å². The molecule has 1 aliphatic heterocycles. The van der Waals surface area contributed by atoms with Gasteiger partial charge in [-0.3, -0.25) is 0 Å². The number of nitrogens with zero attached hydrogens (tertiary/aromatic N) is 1. The standard InChI is InChI=1S/C12H13NO2S/c13-9-12(15-7-6-14)5-8-16-11-4-2-1-3-10(11)12/h1-4,14H,5-8H2. The van der Waals surface area contributed by atoms with E-state index in [2.05, 4.69) is 6.07 Å². The second kappa shape index (κ2) is 4.88. The zero-order valence-electron chi connectivity index (χ0n) is 8.85. The van der Waals surface area contributed by atoms with Gasteiger partial charge >= 0.3 is 0 Å². The Balaban J connectivity index is 2.38. The Bertz CT molecular complexity index is 416. The van der Waals surface area contributed by atoms with Gasteiger partial charge in [-0.1, -0.05) is 18.2 Å². The van der Waals surface area contributed by atoms with Crippen LogP contribution < -0.4 is 0 Å². The van der Waals surface area contributed by atoms with E-state index in [-0.39, 0.29) is 13.2 Å². The Morgan fingerprint density at radius 3 is 3.06 bits per heavy atom. The molecule has 1 atom stereocenters. The van der Waals surface area contributed by atoms with E-state index in [9.17, 15) is 5.26 Å². The van der Waals surface area contributed by atoms with Crippen LogP contribution in [0.2, 0.25) is 0 Å². The van der Waals surface area contributed by atoms with Crippen molar-refractivity contribution < 1.29 is 9.84 Å². The summed E-state index contributed by atoms with van der Waals surface area (Å²) in [4.78, 5) is 1.10. The van der Waals surface area contributed by atoms with Crippen molar-refractivity contribution in [3.05, 3.63) is 29.8 Å². The molecule has 84 valence electrons. The summed E-state index contributed by atoms with van der Waals surface area (Å²) in [6.45, 7) is 0.144. The van der Waals surface area contributed by atoms with Crippen LogP contribution in [0.25, 0.3) is 0 Å². The summed E-state index contributed by atoms with van der Waals surface area (Å²) in [6, 6.07) is 10.1. The summed E-state index contributed by atoms with van der Waals surface area (Å²) < 4.78 is 5.57. The summed E-state index contributed by atoms with van der Waals surface area (Å²) in [7, 11) is 0. The number of fused-ring (bicyclic) bond motifs is 1. The van der Waals surface area contributed by atoms with Crippen molar-refractivity contribution in [2.45, 2.75) is 16.9 Å². The average molecular weight is 235 g/mol. The molecule has 3 nitrogen and oxygen atoms in total. The van der Waals surface area contributed by atoms with Crippen molar-refractivity contribution in [3.63, 3.8) is 0 Å². The van der Waals surface area contributed by atoms with Gasteiger partial charge < -0.3 is 9.84 Å². The highest BCUT2D eigenvalue weighted by Crippen LogP contribution is 2.42. The molecular weight excluding hydrogens is 222 g/mol. The van der Waals surface area contributed by atoms with Crippen LogP contribution in [-0.4, -0.2) is 24.1 Å². The van der Waals surface area contributed by atoms with Crippen LogP contribution in [0, 0.1) is 11.3 Å². The lowest BCUT2D eigenvalue weighted by Crippen LogP contribution is -2.33. The van der Waals surface area contributed by atoms with Crippen LogP contribution in [0.4, 0.5) is 0 Å². The molecule has 2 rings (SSSR count). The molecular formula is C12H13NO2S. The number of benzene rings is 1. The third kappa shape index (κ3) is 1.94. The largest absolute Gasteiger partial charge is 0.394 e. The third-order valence-corrected chi connectivity index (χ3v) is 3.73. The summed E-state index contributed by atoms with van der Waals surface area (Å²) >= 11 is 1.75. The van der Waals surface area contributed by atoms with Gasteiger partial charge in [-0.05, 0) is 6.07 Å².